The van der Waals surface area contributed by atoms with Gasteiger partial charge in [-0.25, -0.2) is 9.37 Å². The highest BCUT2D eigenvalue weighted by Crippen LogP contribution is 2.34. The number of nitrogen functional groups attached to an aromatic ring is 1. The number of aromatic nitrogens is 1. The quantitative estimate of drug-likeness (QED) is 0.834. The fourth-order valence-corrected chi connectivity index (χ4v) is 2.20. The molecular formula is C12H9BrClFN2O. The lowest BCUT2D eigenvalue weighted by atomic mass is 10.2. The summed E-state index contributed by atoms with van der Waals surface area (Å²) in [5.41, 5.74) is 7.00. The van der Waals surface area contributed by atoms with E-state index in [2.05, 4.69) is 20.9 Å². The zero-order valence-electron chi connectivity index (χ0n) is 9.38. The molecule has 0 amide bonds. The van der Waals surface area contributed by atoms with Crippen molar-refractivity contribution in [1.82, 2.24) is 4.98 Å². The highest BCUT2D eigenvalue weighted by Gasteiger charge is 2.12. The molecule has 3 nitrogen and oxygen atoms in total. The molecule has 0 atom stereocenters. The van der Waals surface area contributed by atoms with Gasteiger partial charge in [0, 0.05) is 10.7 Å². The fraction of sp³-hybridized carbons (Fsp3) is 0.0833. The van der Waals surface area contributed by atoms with Crippen LogP contribution in [0.1, 0.15) is 5.56 Å². The zero-order valence-corrected chi connectivity index (χ0v) is 11.7. The maximum atomic E-state index is 13.6. The third kappa shape index (κ3) is 2.73. The van der Waals surface area contributed by atoms with E-state index in [1.54, 1.807) is 6.07 Å². The van der Waals surface area contributed by atoms with E-state index in [1.165, 1.54) is 6.20 Å². The Morgan fingerprint density at radius 3 is 2.72 bits per heavy atom. The Labute approximate surface area is 117 Å². The van der Waals surface area contributed by atoms with Gasteiger partial charge in [0.1, 0.15) is 0 Å². The molecule has 6 heteroatoms. The minimum Gasteiger partial charge on any atom is -0.434 e. The van der Waals surface area contributed by atoms with Gasteiger partial charge >= 0.3 is 0 Å². The van der Waals surface area contributed by atoms with Gasteiger partial charge in [-0.05, 0) is 30.7 Å². The third-order valence-electron chi connectivity index (χ3n) is 2.24. The van der Waals surface area contributed by atoms with Crippen molar-refractivity contribution < 1.29 is 9.13 Å². The first kappa shape index (κ1) is 13.1. The maximum absolute atomic E-state index is 13.6. The van der Waals surface area contributed by atoms with Crippen molar-refractivity contribution >= 4 is 33.2 Å². The largest absolute Gasteiger partial charge is 0.434 e. The minimum atomic E-state index is -0.635. The average molecular weight is 332 g/mol. The number of aryl methyl sites for hydroxylation is 1. The Kier molecular flexibility index (Phi) is 3.73. The normalized spacial score (nSPS) is 10.4. The van der Waals surface area contributed by atoms with Crippen LogP contribution < -0.4 is 10.5 Å². The minimum absolute atomic E-state index is 0.156. The fourth-order valence-electron chi connectivity index (χ4n) is 1.47. The molecule has 1 heterocycles. The van der Waals surface area contributed by atoms with Crippen LogP contribution in [-0.4, -0.2) is 4.98 Å². The van der Waals surface area contributed by atoms with Gasteiger partial charge in [0.2, 0.25) is 0 Å². The van der Waals surface area contributed by atoms with Crippen LogP contribution in [0.2, 0.25) is 5.02 Å². The molecule has 0 saturated carbocycles. The molecule has 94 valence electrons. The second-order valence-corrected chi connectivity index (χ2v) is 5.04. The summed E-state index contributed by atoms with van der Waals surface area (Å²) >= 11 is 8.93. The van der Waals surface area contributed by atoms with Crippen molar-refractivity contribution in [1.29, 1.82) is 0 Å². The number of rotatable bonds is 2. The van der Waals surface area contributed by atoms with Crippen LogP contribution in [0.3, 0.4) is 0 Å². The van der Waals surface area contributed by atoms with Gasteiger partial charge in [-0.1, -0.05) is 27.5 Å². The summed E-state index contributed by atoms with van der Waals surface area (Å²) in [6.07, 6.45) is 1.31. The number of pyridine rings is 1. The molecule has 0 spiro atoms. The van der Waals surface area contributed by atoms with E-state index in [4.69, 9.17) is 22.1 Å². The van der Waals surface area contributed by atoms with Crippen molar-refractivity contribution in [3.63, 3.8) is 0 Å². The molecule has 0 saturated heterocycles. The highest BCUT2D eigenvalue weighted by atomic mass is 79.9. The number of anilines is 1. The first-order chi connectivity index (χ1) is 8.47. The number of hydrogen-bond acceptors (Lipinski definition) is 3. The average Bonchev–Trinajstić information content (AvgIpc) is 2.25. The van der Waals surface area contributed by atoms with Crippen molar-refractivity contribution in [3.05, 3.63) is 45.3 Å². The van der Waals surface area contributed by atoms with Gasteiger partial charge in [0.25, 0.3) is 5.88 Å². The van der Waals surface area contributed by atoms with Gasteiger partial charge in [0.15, 0.2) is 11.6 Å². The van der Waals surface area contributed by atoms with Gasteiger partial charge in [-0.15, -0.1) is 0 Å². The molecule has 1 aromatic carbocycles. The Bertz CT molecular complexity index is 584. The molecule has 0 aliphatic carbocycles. The lowest BCUT2D eigenvalue weighted by molar-refractivity contribution is 0.422. The van der Waals surface area contributed by atoms with Crippen LogP contribution in [0.4, 0.5) is 10.1 Å². The highest BCUT2D eigenvalue weighted by molar-refractivity contribution is 9.10. The molecular weight excluding hydrogens is 323 g/mol. The molecule has 2 rings (SSSR count). The van der Waals surface area contributed by atoms with E-state index in [9.17, 15) is 4.39 Å². The summed E-state index contributed by atoms with van der Waals surface area (Å²) in [6.45, 7) is 1.81. The Morgan fingerprint density at radius 1 is 1.39 bits per heavy atom. The maximum Gasteiger partial charge on any atom is 0.256 e. The predicted octanol–water partition coefficient (Wildman–Crippen LogP) is 4.32. The second-order valence-electron chi connectivity index (χ2n) is 3.68. The molecule has 1 aromatic heterocycles. The number of nitrogens with zero attached hydrogens (tertiary/aromatic N) is 1. The van der Waals surface area contributed by atoms with Gasteiger partial charge in [-0.3, -0.25) is 0 Å². The standard InChI is InChI=1S/C12H9BrClFN2O/c1-6-2-7(13)3-10(16)11(6)18-12-9(15)4-8(14)5-17-12/h2-5H,16H2,1H3. The molecule has 18 heavy (non-hydrogen) atoms. The van der Waals surface area contributed by atoms with Crippen LogP contribution in [0.25, 0.3) is 0 Å². The van der Waals surface area contributed by atoms with Crippen LogP contribution >= 0.6 is 27.5 Å². The third-order valence-corrected chi connectivity index (χ3v) is 2.91. The summed E-state index contributed by atoms with van der Waals surface area (Å²) < 4.78 is 19.8. The first-order valence-electron chi connectivity index (χ1n) is 5.02. The van der Waals surface area contributed by atoms with E-state index in [0.29, 0.717) is 11.4 Å². The number of nitrogens with two attached hydrogens (primary N) is 1. The Balaban J connectivity index is 2.40. The van der Waals surface area contributed by atoms with E-state index in [0.717, 1.165) is 16.1 Å². The lowest BCUT2D eigenvalue weighted by Crippen LogP contribution is -1.98. The number of benzene rings is 1. The molecule has 0 radical (unpaired) electrons. The van der Waals surface area contributed by atoms with Crippen LogP contribution in [0, 0.1) is 12.7 Å². The monoisotopic (exact) mass is 330 g/mol. The Morgan fingerprint density at radius 2 is 2.11 bits per heavy atom. The van der Waals surface area contributed by atoms with E-state index >= 15 is 0 Å². The van der Waals surface area contributed by atoms with Crippen molar-refractivity contribution in [3.8, 4) is 11.6 Å². The molecule has 0 fully saturated rings. The predicted molar refractivity (Wildman–Crippen MR) is 72.6 cm³/mol. The molecule has 0 aliphatic heterocycles. The number of hydrogen-bond donors (Lipinski definition) is 1. The van der Waals surface area contributed by atoms with E-state index in [-0.39, 0.29) is 10.9 Å². The van der Waals surface area contributed by atoms with Gasteiger partial charge in [-0.2, -0.15) is 0 Å². The Hall–Kier alpha value is -1.33. The smallest absolute Gasteiger partial charge is 0.256 e. The molecule has 0 unspecified atom stereocenters. The number of ether oxygens (including phenoxy) is 1. The van der Waals surface area contributed by atoms with Crippen molar-refractivity contribution in [2.75, 3.05) is 5.73 Å². The van der Waals surface area contributed by atoms with Crippen molar-refractivity contribution in [2.45, 2.75) is 6.92 Å². The molecule has 2 N–H and O–H groups in total. The van der Waals surface area contributed by atoms with Crippen LogP contribution in [-0.2, 0) is 0 Å². The van der Waals surface area contributed by atoms with E-state index in [1.807, 2.05) is 13.0 Å². The van der Waals surface area contributed by atoms with Crippen LogP contribution in [0.5, 0.6) is 11.6 Å². The second kappa shape index (κ2) is 5.12. The first-order valence-corrected chi connectivity index (χ1v) is 6.19. The summed E-state index contributed by atoms with van der Waals surface area (Å²) in [5, 5.41) is 0.209. The zero-order chi connectivity index (χ0) is 13.3. The number of halogens is 3. The summed E-state index contributed by atoms with van der Waals surface area (Å²) in [6, 6.07) is 4.63. The van der Waals surface area contributed by atoms with Gasteiger partial charge in [0.05, 0.1) is 10.7 Å². The lowest BCUT2D eigenvalue weighted by Gasteiger charge is -2.11. The van der Waals surface area contributed by atoms with Crippen LogP contribution in [0.15, 0.2) is 28.9 Å². The summed E-state index contributed by atoms with van der Waals surface area (Å²) in [5.74, 6) is -0.410. The van der Waals surface area contributed by atoms with Crippen molar-refractivity contribution in [2.24, 2.45) is 0 Å². The molecule has 0 aliphatic rings. The van der Waals surface area contributed by atoms with Gasteiger partial charge < -0.3 is 10.5 Å². The topological polar surface area (TPSA) is 48.1 Å². The molecule has 2 aromatic rings. The van der Waals surface area contributed by atoms with E-state index < -0.39 is 5.82 Å². The summed E-state index contributed by atoms with van der Waals surface area (Å²) in [7, 11) is 0. The SMILES string of the molecule is Cc1cc(Br)cc(N)c1Oc1ncc(Cl)cc1F. The molecule has 0 bridgehead atoms. The summed E-state index contributed by atoms with van der Waals surface area (Å²) in [4.78, 5) is 3.78.